The topological polar surface area (TPSA) is 52.6 Å². The summed E-state index contributed by atoms with van der Waals surface area (Å²) in [5, 5.41) is 0. The van der Waals surface area contributed by atoms with Crippen molar-refractivity contribution in [2.75, 3.05) is 0 Å². The van der Waals surface area contributed by atoms with Crippen LogP contribution < -0.4 is 0 Å². The molecule has 1 saturated carbocycles. The number of ether oxygens (including phenoxy) is 2. The maximum Gasteiger partial charge on any atom is 0.313 e. The molecule has 1 aromatic carbocycles. The van der Waals surface area contributed by atoms with Gasteiger partial charge in [-0.25, -0.2) is 0 Å². The van der Waals surface area contributed by atoms with Crippen LogP contribution in [0.1, 0.15) is 25.3 Å². The van der Waals surface area contributed by atoms with E-state index in [1.54, 1.807) is 0 Å². The van der Waals surface area contributed by atoms with Gasteiger partial charge in [0.15, 0.2) is 0 Å². The van der Waals surface area contributed by atoms with E-state index in [0.717, 1.165) is 18.4 Å². The van der Waals surface area contributed by atoms with Gasteiger partial charge in [0.25, 0.3) is 0 Å². The van der Waals surface area contributed by atoms with E-state index in [2.05, 4.69) is 0 Å². The first kappa shape index (κ1) is 12.6. The number of esters is 2. The molecule has 2 rings (SSSR count). The number of hydrogen-bond acceptors (Lipinski definition) is 4. The summed E-state index contributed by atoms with van der Waals surface area (Å²) in [5.74, 6) is -0.922. The lowest BCUT2D eigenvalue weighted by Gasteiger charge is -2.33. The maximum absolute atomic E-state index is 11.8. The summed E-state index contributed by atoms with van der Waals surface area (Å²) in [6.07, 6.45) is 1.17. The zero-order chi connectivity index (χ0) is 13.0. The average molecular weight is 248 g/mol. The number of hydrogen-bond donors (Lipinski definition) is 0. The van der Waals surface area contributed by atoms with Crippen LogP contribution in [0.5, 0.6) is 0 Å². The fourth-order valence-corrected chi connectivity index (χ4v) is 1.93. The van der Waals surface area contributed by atoms with E-state index in [9.17, 15) is 9.59 Å². The molecule has 96 valence electrons. The minimum absolute atomic E-state index is 0.267. The predicted molar refractivity (Wildman–Crippen MR) is 64.5 cm³/mol. The largest absolute Gasteiger partial charge is 0.462 e. The van der Waals surface area contributed by atoms with E-state index in [-0.39, 0.29) is 30.6 Å². The third-order valence-electron chi connectivity index (χ3n) is 3.05. The fraction of sp³-hybridized carbons (Fsp3) is 0.429. The molecule has 1 aromatic rings. The Bertz CT molecular complexity index is 427. The molecular weight excluding hydrogens is 232 g/mol. The average Bonchev–Trinajstić information content (AvgIpc) is 2.33. The molecular formula is C14H16O4. The second-order valence-electron chi connectivity index (χ2n) is 4.43. The van der Waals surface area contributed by atoms with Crippen LogP contribution in [0, 0.1) is 5.92 Å². The highest BCUT2D eigenvalue weighted by Gasteiger charge is 2.40. The second-order valence-corrected chi connectivity index (χ2v) is 4.43. The standard InChI is InChI=1S/C14H16O4/c1-10(15)18-13-8-7-12(13)14(16)17-9-11-5-3-2-4-6-11/h2-6,12-13H,7-9H2,1H3/t12-,13+/m1/s1. The van der Waals surface area contributed by atoms with E-state index in [4.69, 9.17) is 9.47 Å². The zero-order valence-corrected chi connectivity index (χ0v) is 10.3. The second kappa shape index (κ2) is 5.67. The van der Waals surface area contributed by atoms with Gasteiger partial charge in [0.05, 0.1) is 5.92 Å². The third kappa shape index (κ3) is 3.09. The molecule has 4 heteroatoms. The van der Waals surface area contributed by atoms with Gasteiger partial charge in [0.2, 0.25) is 0 Å². The molecule has 0 aliphatic heterocycles. The van der Waals surface area contributed by atoms with Crippen molar-refractivity contribution in [2.45, 2.75) is 32.5 Å². The smallest absolute Gasteiger partial charge is 0.313 e. The fourth-order valence-electron chi connectivity index (χ4n) is 1.93. The van der Waals surface area contributed by atoms with Crippen LogP contribution in [0.15, 0.2) is 30.3 Å². The van der Waals surface area contributed by atoms with Crippen molar-refractivity contribution in [1.82, 2.24) is 0 Å². The summed E-state index contributed by atoms with van der Waals surface area (Å²) in [4.78, 5) is 22.6. The Hall–Kier alpha value is -1.84. The third-order valence-corrected chi connectivity index (χ3v) is 3.05. The predicted octanol–water partition coefficient (Wildman–Crippen LogP) is 2.07. The lowest BCUT2D eigenvalue weighted by Crippen LogP contribution is -2.41. The first-order valence-electron chi connectivity index (χ1n) is 6.04. The van der Waals surface area contributed by atoms with Crippen LogP contribution in [-0.2, 0) is 25.7 Å². The molecule has 0 saturated heterocycles. The molecule has 18 heavy (non-hydrogen) atoms. The molecule has 0 aromatic heterocycles. The van der Waals surface area contributed by atoms with Crippen LogP contribution >= 0.6 is 0 Å². The minimum Gasteiger partial charge on any atom is -0.462 e. The van der Waals surface area contributed by atoms with Crippen molar-refractivity contribution in [2.24, 2.45) is 5.92 Å². The summed E-state index contributed by atoms with van der Waals surface area (Å²) in [6, 6.07) is 9.51. The highest BCUT2D eigenvalue weighted by atomic mass is 16.6. The molecule has 1 aliphatic carbocycles. The van der Waals surface area contributed by atoms with Gasteiger partial charge in [-0.3, -0.25) is 9.59 Å². The Labute approximate surface area is 106 Å². The monoisotopic (exact) mass is 248 g/mol. The molecule has 0 spiro atoms. The molecule has 1 aliphatic rings. The SMILES string of the molecule is CC(=O)O[C@H]1CC[C@H]1C(=O)OCc1ccccc1. The molecule has 0 amide bonds. The summed E-state index contributed by atoms with van der Waals surface area (Å²) in [7, 11) is 0. The van der Waals surface area contributed by atoms with Crippen molar-refractivity contribution in [1.29, 1.82) is 0 Å². The molecule has 0 unspecified atom stereocenters. The summed E-state index contributed by atoms with van der Waals surface area (Å²) in [6.45, 7) is 1.62. The minimum atomic E-state index is -0.347. The first-order valence-corrected chi connectivity index (χ1v) is 6.04. The van der Waals surface area contributed by atoms with Crippen LogP contribution in [-0.4, -0.2) is 18.0 Å². The van der Waals surface area contributed by atoms with Gasteiger partial charge in [-0.2, -0.15) is 0 Å². The number of carbonyl (C=O) groups is 2. The molecule has 0 N–H and O–H groups in total. The molecule has 4 nitrogen and oxygen atoms in total. The van der Waals surface area contributed by atoms with Gasteiger partial charge in [-0.05, 0) is 18.4 Å². The molecule has 0 heterocycles. The van der Waals surface area contributed by atoms with E-state index in [0.29, 0.717) is 0 Å². The Morgan fingerprint density at radius 3 is 2.50 bits per heavy atom. The highest BCUT2D eigenvalue weighted by Crippen LogP contribution is 2.31. The first-order chi connectivity index (χ1) is 8.66. The lowest BCUT2D eigenvalue weighted by atomic mass is 9.82. The Balaban J connectivity index is 1.80. The van der Waals surface area contributed by atoms with Gasteiger partial charge < -0.3 is 9.47 Å². The quantitative estimate of drug-likeness (QED) is 0.765. The van der Waals surface area contributed by atoms with Crippen molar-refractivity contribution < 1.29 is 19.1 Å². The number of rotatable bonds is 4. The van der Waals surface area contributed by atoms with Crippen molar-refractivity contribution in [3.63, 3.8) is 0 Å². The van der Waals surface area contributed by atoms with Crippen molar-refractivity contribution >= 4 is 11.9 Å². The van der Waals surface area contributed by atoms with Crippen LogP contribution in [0.3, 0.4) is 0 Å². The van der Waals surface area contributed by atoms with Crippen LogP contribution in [0.2, 0.25) is 0 Å². The molecule has 0 bridgehead atoms. The van der Waals surface area contributed by atoms with E-state index in [1.807, 2.05) is 30.3 Å². The summed E-state index contributed by atoms with van der Waals surface area (Å²) in [5.41, 5.74) is 0.953. The van der Waals surface area contributed by atoms with E-state index < -0.39 is 0 Å². The lowest BCUT2D eigenvalue weighted by molar-refractivity contribution is -0.170. The highest BCUT2D eigenvalue weighted by molar-refractivity contribution is 5.75. The normalized spacial score (nSPS) is 21.8. The van der Waals surface area contributed by atoms with E-state index >= 15 is 0 Å². The van der Waals surface area contributed by atoms with Gasteiger partial charge in [-0.1, -0.05) is 30.3 Å². The Kier molecular flexibility index (Phi) is 3.97. The van der Waals surface area contributed by atoms with Gasteiger partial charge in [0.1, 0.15) is 12.7 Å². The summed E-state index contributed by atoms with van der Waals surface area (Å²) >= 11 is 0. The Morgan fingerprint density at radius 2 is 1.94 bits per heavy atom. The maximum atomic E-state index is 11.8. The molecule has 1 fully saturated rings. The molecule has 0 radical (unpaired) electrons. The molecule has 2 atom stereocenters. The van der Waals surface area contributed by atoms with Gasteiger partial charge >= 0.3 is 11.9 Å². The number of benzene rings is 1. The van der Waals surface area contributed by atoms with E-state index in [1.165, 1.54) is 6.92 Å². The van der Waals surface area contributed by atoms with Crippen molar-refractivity contribution in [3.8, 4) is 0 Å². The Morgan fingerprint density at radius 1 is 1.22 bits per heavy atom. The van der Waals surface area contributed by atoms with Gasteiger partial charge in [0, 0.05) is 6.92 Å². The van der Waals surface area contributed by atoms with Crippen molar-refractivity contribution in [3.05, 3.63) is 35.9 Å². The number of carbonyl (C=O) groups excluding carboxylic acids is 2. The summed E-state index contributed by atoms with van der Waals surface area (Å²) < 4.78 is 10.2. The van der Waals surface area contributed by atoms with Crippen LogP contribution in [0.4, 0.5) is 0 Å². The van der Waals surface area contributed by atoms with Crippen LogP contribution in [0.25, 0.3) is 0 Å². The zero-order valence-electron chi connectivity index (χ0n) is 10.3. The van der Waals surface area contributed by atoms with Gasteiger partial charge in [-0.15, -0.1) is 0 Å².